The van der Waals surface area contributed by atoms with Crippen LogP contribution in [0.25, 0.3) is 0 Å². The van der Waals surface area contributed by atoms with E-state index in [2.05, 4.69) is 4.90 Å². The average Bonchev–Trinajstić information content (AvgIpc) is 2.37. The highest BCUT2D eigenvalue weighted by Crippen LogP contribution is 2.32. The first-order valence-corrected chi connectivity index (χ1v) is 4.75. The molecule has 0 aromatic rings. The normalized spacial score (nSPS) is 39.0. The van der Waals surface area contributed by atoms with Gasteiger partial charge < -0.3 is 10.0 Å². The van der Waals surface area contributed by atoms with E-state index < -0.39 is 0 Å². The number of aliphatic hydroxyl groups is 1. The maximum Gasteiger partial charge on any atom is 0.0460 e. The molecule has 2 fully saturated rings. The molecule has 2 nitrogen and oxygen atoms in total. The van der Waals surface area contributed by atoms with E-state index in [1.165, 1.54) is 38.8 Å². The van der Waals surface area contributed by atoms with Crippen molar-refractivity contribution >= 4 is 0 Å². The van der Waals surface area contributed by atoms with Crippen molar-refractivity contribution in [3.63, 3.8) is 0 Å². The first-order valence-electron chi connectivity index (χ1n) is 4.75. The molecule has 1 aliphatic carbocycles. The first kappa shape index (κ1) is 7.56. The van der Waals surface area contributed by atoms with Gasteiger partial charge in [-0.2, -0.15) is 0 Å². The highest BCUT2D eigenvalue weighted by Gasteiger charge is 2.33. The zero-order valence-electron chi connectivity index (χ0n) is 7.00. The Kier molecular flexibility index (Phi) is 2.14. The van der Waals surface area contributed by atoms with Gasteiger partial charge >= 0.3 is 0 Å². The van der Waals surface area contributed by atoms with Crippen LogP contribution in [0.3, 0.4) is 0 Å². The van der Waals surface area contributed by atoms with Gasteiger partial charge in [-0.25, -0.2) is 0 Å². The molecule has 11 heavy (non-hydrogen) atoms. The fraction of sp³-hybridized carbons (Fsp3) is 1.00. The summed E-state index contributed by atoms with van der Waals surface area (Å²) in [4.78, 5) is 2.59. The van der Waals surface area contributed by atoms with Gasteiger partial charge in [-0.05, 0) is 44.7 Å². The van der Waals surface area contributed by atoms with E-state index in [4.69, 9.17) is 5.11 Å². The first-order chi connectivity index (χ1) is 5.40. The third-order valence-electron chi connectivity index (χ3n) is 3.13. The van der Waals surface area contributed by atoms with Gasteiger partial charge in [0.05, 0.1) is 0 Å². The van der Waals surface area contributed by atoms with Crippen LogP contribution in [0.4, 0.5) is 0 Å². The topological polar surface area (TPSA) is 23.5 Å². The number of likely N-dealkylation sites (tertiary alicyclic amines) is 1. The largest absolute Gasteiger partial charge is 0.396 e. The van der Waals surface area contributed by atoms with E-state index in [9.17, 15) is 0 Å². The molecule has 1 saturated carbocycles. The van der Waals surface area contributed by atoms with Gasteiger partial charge in [0.15, 0.2) is 0 Å². The number of rotatable bonds is 2. The fourth-order valence-electron chi connectivity index (χ4n) is 2.25. The van der Waals surface area contributed by atoms with Gasteiger partial charge in [0.2, 0.25) is 0 Å². The minimum absolute atomic E-state index is 0.407. The molecule has 0 bridgehead atoms. The molecule has 1 N–H and O–H groups in total. The van der Waals surface area contributed by atoms with Crippen molar-refractivity contribution in [3.05, 3.63) is 0 Å². The molecule has 1 aliphatic heterocycles. The molecule has 2 heteroatoms. The lowest BCUT2D eigenvalue weighted by molar-refractivity contribution is 0.0595. The summed E-state index contributed by atoms with van der Waals surface area (Å²) in [6.07, 6.45) is 5.27. The van der Waals surface area contributed by atoms with Crippen molar-refractivity contribution in [1.82, 2.24) is 4.90 Å². The van der Waals surface area contributed by atoms with Crippen LogP contribution in [0.2, 0.25) is 0 Å². The van der Waals surface area contributed by atoms with Crippen LogP contribution in [-0.4, -0.2) is 35.7 Å². The molecule has 0 radical (unpaired) electrons. The van der Waals surface area contributed by atoms with Gasteiger partial charge in [-0.3, -0.25) is 0 Å². The van der Waals surface area contributed by atoms with E-state index in [0.29, 0.717) is 12.5 Å². The van der Waals surface area contributed by atoms with Crippen molar-refractivity contribution in [1.29, 1.82) is 0 Å². The smallest absolute Gasteiger partial charge is 0.0460 e. The second-order valence-electron chi connectivity index (χ2n) is 3.92. The Balaban J connectivity index is 1.73. The number of aliphatic hydroxyl groups excluding tert-OH is 1. The number of hydrogen-bond acceptors (Lipinski definition) is 2. The Hall–Kier alpha value is -0.0800. The summed E-state index contributed by atoms with van der Waals surface area (Å²) in [5.41, 5.74) is 0. The van der Waals surface area contributed by atoms with E-state index >= 15 is 0 Å². The molecule has 1 saturated heterocycles. The van der Waals surface area contributed by atoms with Gasteiger partial charge in [0.1, 0.15) is 0 Å². The molecule has 2 aliphatic rings. The second kappa shape index (κ2) is 3.11. The summed E-state index contributed by atoms with van der Waals surface area (Å²) in [5.74, 6) is 0.626. The molecule has 2 rings (SSSR count). The van der Waals surface area contributed by atoms with Gasteiger partial charge in [-0.1, -0.05) is 0 Å². The van der Waals surface area contributed by atoms with Crippen LogP contribution < -0.4 is 0 Å². The second-order valence-corrected chi connectivity index (χ2v) is 3.92. The molecule has 0 spiro atoms. The lowest BCUT2D eigenvalue weighted by Crippen LogP contribution is -2.44. The highest BCUT2D eigenvalue weighted by molar-refractivity contribution is 4.88. The maximum atomic E-state index is 8.83. The third kappa shape index (κ3) is 1.42. The standard InChI is InChI=1S/C9H17NO/c11-7-8-5-9(6-8)10-3-1-2-4-10/h8-9,11H,1-7H2/t8-,9-. The SMILES string of the molecule is OC[C@H]1C[C@H](N2CCCC2)C1. The number of nitrogens with zero attached hydrogens (tertiary/aromatic N) is 1. The molecular formula is C9H17NO. The van der Waals surface area contributed by atoms with Crippen molar-refractivity contribution < 1.29 is 5.11 Å². The van der Waals surface area contributed by atoms with Gasteiger partial charge in [0.25, 0.3) is 0 Å². The summed E-state index contributed by atoms with van der Waals surface area (Å²) in [6.45, 7) is 3.02. The van der Waals surface area contributed by atoms with Crippen molar-refractivity contribution in [3.8, 4) is 0 Å². The summed E-state index contributed by atoms with van der Waals surface area (Å²) in [7, 11) is 0. The average molecular weight is 155 g/mol. The Morgan fingerprint density at radius 3 is 2.36 bits per heavy atom. The van der Waals surface area contributed by atoms with E-state index in [1.54, 1.807) is 0 Å². The summed E-state index contributed by atoms with van der Waals surface area (Å²) in [6, 6.07) is 0.828. The Morgan fingerprint density at radius 1 is 1.18 bits per heavy atom. The quantitative estimate of drug-likeness (QED) is 0.639. The predicted octanol–water partition coefficient (Wildman–Crippen LogP) is 0.853. The van der Waals surface area contributed by atoms with Crippen LogP contribution in [-0.2, 0) is 0 Å². The summed E-state index contributed by atoms with van der Waals surface area (Å²) < 4.78 is 0. The molecule has 1 heterocycles. The zero-order chi connectivity index (χ0) is 7.68. The molecule has 0 amide bonds. The maximum absolute atomic E-state index is 8.83. The molecule has 0 atom stereocenters. The molecule has 64 valence electrons. The zero-order valence-corrected chi connectivity index (χ0v) is 7.00. The van der Waals surface area contributed by atoms with E-state index in [-0.39, 0.29) is 0 Å². The van der Waals surface area contributed by atoms with Crippen LogP contribution in [0.1, 0.15) is 25.7 Å². The van der Waals surface area contributed by atoms with Crippen LogP contribution in [0, 0.1) is 5.92 Å². The third-order valence-corrected chi connectivity index (χ3v) is 3.13. The van der Waals surface area contributed by atoms with Crippen LogP contribution in [0.5, 0.6) is 0 Å². The van der Waals surface area contributed by atoms with E-state index in [0.717, 1.165) is 6.04 Å². The van der Waals surface area contributed by atoms with Gasteiger partial charge in [0, 0.05) is 12.6 Å². The van der Waals surface area contributed by atoms with Crippen molar-refractivity contribution in [2.45, 2.75) is 31.7 Å². The Labute approximate surface area is 68.2 Å². The van der Waals surface area contributed by atoms with Crippen molar-refractivity contribution in [2.75, 3.05) is 19.7 Å². The lowest BCUT2D eigenvalue weighted by atomic mass is 9.80. The lowest BCUT2D eigenvalue weighted by Gasteiger charge is -2.40. The van der Waals surface area contributed by atoms with Gasteiger partial charge in [-0.15, -0.1) is 0 Å². The van der Waals surface area contributed by atoms with Crippen LogP contribution >= 0.6 is 0 Å². The molecular weight excluding hydrogens is 138 g/mol. The monoisotopic (exact) mass is 155 g/mol. The predicted molar refractivity (Wildman–Crippen MR) is 44.4 cm³/mol. The summed E-state index contributed by atoms with van der Waals surface area (Å²) in [5, 5.41) is 8.83. The Bertz CT molecular complexity index is 126. The number of hydrogen-bond donors (Lipinski definition) is 1. The summed E-state index contributed by atoms with van der Waals surface area (Å²) >= 11 is 0. The van der Waals surface area contributed by atoms with Crippen LogP contribution in [0.15, 0.2) is 0 Å². The Morgan fingerprint density at radius 2 is 1.82 bits per heavy atom. The minimum Gasteiger partial charge on any atom is -0.396 e. The highest BCUT2D eigenvalue weighted by atomic mass is 16.3. The van der Waals surface area contributed by atoms with E-state index in [1.807, 2.05) is 0 Å². The molecule has 0 aromatic carbocycles. The fourth-order valence-corrected chi connectivity index (χ4v) is 2.25. The molecule has 0 unspecified atom stereocenters. The van der Waals surface area contributed by atoms with Crippen molar-refractivity contribution in [2.24, 2.45) is 5.92 Å². The minimum atomic E-state index is 0.407. The molecule has 0 aromatic heterocycles.